The highest BCUT2D eigenvalue weighted by Crippen LogP contribution is 2.27. The van der Waals surface area contributed by atoms with E-state index in [2.05, 4.69) is 23.2 Å². The van der Waals surface area contributed by atoms with Crippen LogP contribution in [0.15, 0.2) is 18.2 Å². The summed E-state index contributed by atoms with van der Waals surface area (Å²) in [6, 6.07) is 6.78. The fraction of sp³-hybridized carbons (Fsp3) is 0.429. The number of ether oxygens (including phenoxy) is 1. The number of hydrogen-bond donors (Lipinski definition) is 2. The first kappa shape index (κ1) is 10.8. The van der Waals surface area contributed by atoms with E-state index in [0.717, 1.165) is 26.1 Å². The zero-order chi connectivity index (χ0) is 11.8. The van der Waals surface area contributed by atoms with Crippen molar-refractivity contribution in [3.8, 4) is 0 Å². The lowest BCUT2D eigenvalue weighted by molar-refractivity contribution is 0.111. The molecule has 0 saturated carbocycles. The van der Waals surface area contributed by atoms with Gasteiger partial charge in [0.2, 0.25) is 0 Å². The van der Waals surface area contributed by atoms with Gasteiger partial charge in [0.1, 0.15) is 0 Å². The van der Waals surface area contributed by atoms with Gasteiger partial charge in [-0.15, -0.1) is 0 Å². The summed E-state index contributed by atoms with van der Waals surface area (Å²) in [7, 11) is 0. The number of nitrogens with one attached hydrogen (secondary N) is 1. The molecule has 2 heterocycles. The Balaban J connectivity index is 2.08. The Kier molecular flexibility index (Phi) is 2.65. The Morgan fingerprint density at radius 2 is 2.35 bits per heavy atom. The highest BCUT2D eigenvalue weighted by molar-refractivity contribution is 5.85. The van der Waals surface area contributed by atoms with Gasteiger partial charge in [-0.2, -0.15) is 0 Å². The Morgan fingerprint density at radius 1 is 1.47 bits per heavy atom. The third-order valence-electron chi connectivity index (χ3n) is 3.36. The van der Waals surface area contributed by atoms with Gasteiger partial charge in [-0.25, -0.2) is 0 Å². The van der Waals surface area contributed by atoms with Crippen molar-refractivity contribution in [1.82, 2.24) is 4.98 Å². The molecular formula is C14H18N2O. The summed E-state index contributed by atoms with van der Waals surface area (Å²) >= 11 is 0. The van der Waals surface area contributed by atoms with Crippen LogP contribution in [-0.4, -0.2) is 17.6 Å². The van der Waals surface area contributed by atoms with Crippen molar-refractivity contribution >= 4 is 10.9 Å². The Labute approximate surface area is 101 Å². The quantitative estimate of drug-likeness (QED) is 0.830. The third kappa shape index (κ3) is 1.96. The van der Waals surface area contributed by atoms with E-state index in [4.69, 9.17) is 10.5 Å². The lowest BCUT2D eigenvalue weighted by atomic mass is 10.0. The van der Waals surface area contributed by atoms with Crippen LogP contribution in [0.4, 0.5) is 0 Å². The summed E-state index contributed by atoms with van der Waals surface area (Å²) in [6.45, 7) is 3.60. The molecule has 1 aromatic heterocycles. The Morgan fingerprint density at radius 3 is 3.18 bits per heavy atom. The van der Waals surface area contributed by atoms with Gasteiger partial charge in [0, 0.05) is 34.6 Å². The van der Waals surface area contributed by atoms with Gasteiger partial charge in [-0.1, -0.05) is 6.07 Å². The van der Waals surface area contributed by atoms with Crippen LogP contribution in [-0.2, 0) is 24.2 Å². The molecule has 90 valence electrons. The second kappa shape index (κ2) is 4.17. The monoisotopic (exact) mass is 230 g/mol. The molecule has 2 aromatic rings. The Hall–Kier alpha value is -1.32. The maximum Gasteiger partial charge on any atom is 0.0740 e. The molecule has 0 aliphatic carbocycles. The summed E-state index contributed by atoms with van der Waals surface area (Å²) in [6.07, 6.45) is 1.92. The van der Waals surface area contributed by atoms with Gasteiger partial charge < -0.3 is 15.5 Å². The topological polar surface area (TPSA) is 51.0 Å². The molecule has 0 bridgehead atoms. The minimum absolute atomic E-state index is 0.207. The van der Waals surface area contributed by atoms with Crippen LogP contribution >= 0.6 is 0 Å². The number of aromatic amines is 1. The van der Waals surface area contributed by atoms with E-state index in [1.165, 1.54) is 27.7 Å². The van der Waals surface area contributed by atoms with Gasteiger partial charge >= 0.3 is 0 Å². The molecule has 1 aliphatic heterocycles. The lowest BCUT2D eigenvalue weighted by Crippen LogP contribution is -2.17. The summed E-state index contributed by atoms with van der Waals surface area (Å²) in [5.41, 5.74) is 11.0. The zero-order valence-corrected chi connectivity index (χ0v) is 10.1. The first-order chi connectivity index (χ1) is 8.24. The highest BCUT2D eigenvalue weighted by Gasteiger charge is 2.15. The molecule has 1 unspecified atom stereocenters. The largest absolute Gasteiger partial charge is 0.376 e. The molecule has 1 aromatic carbocycles. The molecule has 0 amide bonds. The van der Waals surface area contributed by atoms with Gasteiger partial charge in [-0.3, -0.25) is 0 Å². The van der Waals surface area contributed by atoms with Crippen molar-refractivity contribution in [1.29, 1.82) is 0 Å². The van der Waals surface area contributed by atoms with Crippen molar-refractivity contribution in [3.05, 3.63) is 35.0 Å². The molecule has 1 atom stereocenters. The maximum absolute atomic E-state index is 5.85. The molecule has 3 N–H and O–H groups in total. The third-order valence-corrected chi connectivity index (χ3v) is 3.36. The SMILES string of the molecule is CC(N)Cc1ccc2[nH]c3c(c2c1)COCC3. The molecule has 3 heteroatoms. The number of aromatic nitrogens is 1. The van der Waals surface area contributed by atoms with E-state index < -0.39 is 0 Å². The van der Waals surface area contributed by atoms with Crippen LogP contribution < -0.4 is 5.73 Å². The number of fused-ring (bicyclic) bond motifs is 3. The molecule has 0 radical (unpaired) electrons. The van der Waals surface area contributed by atoms with Crippen molar-refractivity contribution in [2.45, 2.75) is 32.4 Å². The maximum atomic E-state index is 5.85. The van der Waals surface area contributed by atoms with E-state index in [-0.39, 0.29) is 6.04 Å². The summed E-state index contributed by atoms with van der Waals surface area (Å²) in [5, 5.41) is 1.30. The number of nitrogens with two attached hydrogens (primary N) is 1. The van der Waals surface area contributed by atoms with Crippen molar-refractivity contribution in [2.75, 3.05) is 6.61 Å². The summed E-state index contributed by atoms with van der Waals surface area (Å²) < 4.78 is 5.54. The molecule has 3 rings (SSSR count). The lowest BCUT2D eigenvalue weighted by Gasteiger charge is -2.12. The van der Waals surface area contributed by atoms with E-state index in [1.54, 1.807) is 0 Å². The van der Waals surface area contributed by atoms with Gasteiger partial charge in [0.15, 0.2) is 0 Å². The summed E-state index contributed by atoms with van der Waals surface area (Å²) in [5.74, 6) is 0. The second-order valence-electron chi connectivity index (χ2n) is 4.95. The predicted octanol–water partition coefficient (Wildman–Crippen LogP) is 2.13. The fourth-order valence-corrected chi connectivity index (χ4v) is 2.58. The number of rotatable bonds is 2. The minimum atomic E-state index is 0.207. The van der Waals surface area contributed by atoms with Crippen LogP contribution in [0.5, 0.6) is 0 Å². The summed E-state index contributed by atoms with van der Waals surface area (Å²) in [4.78, 5) is 3.49. The average Bonchev–Trinajstić information content (AvgIpc) is 2.66. The van der Waals surface area contributed by atoms with Crippen molar-refractivity contribution in [2.24, 2.45) is 5.73 Å². The van der Waals surface area contributed by atoms with Crippen molar-refractivity contribution < 1.29 is 4.74 Å². The van der Waals surface area contributed by atoms with Crippen LogP contribution in [0, 0.1) is 0 Å². The van der Waals surface area contributed by atoms with Crippen LogP contribution in [0.25, 0.3) is 10.9 Å². The Bertz CT molecular complexity index is 542. The number of benzene rings is 1. The smallest absolute Gasteiger partial charge is 0.0740 e. The molecule has 0 fully saturated rings. The normalized spacial score (nSPS) is 17.1. The first-order valence-electron chi connectivity index (χ1n) is 6.19. The molecule has 0 spiro atoms. The fourth-order valence-electron chi connectivity index (χ4n) is 2.58. The number of H-pyrrole nitrogens is 1. The molecular weight excluding hydrogens is 212 g/mol. The number of hydrogen-bond acceptors (Lipinski definition) is 2. The molecule has 17 heavy (non-hydrogen) atoms. The van der Waals surface area contributed by atoms with Gasteiger partial charge in [-0.05, 0) is 31.0 Å². The van der Waals surface area contributed by atoms with Crippen molar-refractivity contribution in [3.63, 3.8) is 0 Å². The second-order valence-corrected chi connectivity index (χ2v) is 4.95. The first-order valence-corrected chi connectivity index (χ1v) is 6.19. The zero-order valence-electron chi connectivity index (χ0n) is 10.1. The molecule has 3 nitrogen and oxygen atoms in total. The minimum Gasteiger partial charge on any atom is -0.376 e. The predicted molar refractivity (Wildman–Crippen MR) is 69.0 cm³/mol. The van der Waals surface area contributed by atoms with Gasteiger partial charge in [0.05, 0.1) is 13.2 Å². The van der Waals surface area contributed by atoms with Crippen LogP contribution in [0.3, 0.4) is 0 Å². The molecule has 0 saturated heterocycles. The van der Waals surface area contributed by atoms with E-state index in [1.807, 2.05) is 6.92 Å². The standard InChI is InChI=1S/C14H18N2O/c1-9(15)6-10-2-3-13-11(7-10)12-8-17-5-4-14(12)16-13/h2-3,7,9,16H,4-6,8,15H2,1H3. The van der Waals surface area contributed by atoms with Crippen LogP contribution in [0.1, 0.15) is 23.7 Å². The van der Waals surface area contributed by atoms with E-state index >= 15 is 0 Å². The van der Waals surface area contributed by atoms with Crippen LogP contribution in [0.2, 0.25) is 0 Å². The average molecular weight is 230 g/mol. The van der Waals surface area contributed by atoms with Gasteiger partial charge in [0.25, 0.3) is 0 Å². The molecule has 1 aliphatic rings. The highest BCUT2D eigenvalue weighted by atomic mass is 16.5. The van der Waals surface area contributed by atoms with E-state index in [0.29, 0.717) is 0 Å². The van der Waals surface area contributed by atoms with E-state index in [9.17, 15) is 0 Å².